The maximum absolute atomic E-state index is 13.5. The topological polar surface area (TPSA) is 78.2 Å². The first-order valence-electron chi connectivity index (χ1n) is 9.69. The van der Waals surface area contributed by atoms with Crippen molar-refractivity contribution in [2.75, 3.05) is 43.4 Å². The van der Waals surface area contributed by atoms with Crippen LogP contribution in [0.1, 0.15) is 12.1 Å². The first-order valence-corrected chi connectivity index (χ1v) is 10.1. The molecular weight excluding hydrogens is 393 g/mol. The van der Waals surface area contributed by atoms with Crippen LogP contribution in [0.5, 0.6) is 0 Å². The molecule has 1 aliphatic heterocycles. The van der Waals surface area contributed by atoms with Gasteiger partial charge in [-0.05, 0) is 49.7 Å². The summed E-state index contributed by atoms with van der Waals surface area (Å²) in [6.07, 6.45) is 3.33. The Kier molecular flexibility index (Phi) is 5.69. The average molecular weight is 416 g/mol. The molecule has 29 heavy (non-hydrogen) atoms. The van der Waals surface area contributed by atoms with Crippen LogP contribution in [-0.4, -0.2) is 47.6 Å². The summed E-state index contributed by atoms with van der Waals surface area (Å²) in [7, 11) is 0. The quantitative estimate of drug-likeness (QED) is 0.626. The summed E-state index contributed by atoms with van der Waals surface area (Å²) in [5.41, 5.74) is 6.71. The molecule has 8 heteroatoms. The Hall–Kier alpha value is -2.64. The van der Waals surface area contributed by atoms with E-state index in [9.17, 15) is 9.18 Å². The van der Waals surface area contributed by atoms with Crippen molar-refractivity contribution < 1.29 is 4.39 Å². The van der Waals surface area contributed by atoms with Crippen molar-refractivity contribution in [1.29, 1.82) is 0 Å². The molecule has 1 fully saturated rings. The first-order chi connectivity index (χ1) is 14.0. The molecule has 4 rings (SSSR count). The van der Waals surface area contributed by atoms with E-state index in [-0.39, 0.29) is 10.9 Å². The Balaban J connectivity index is 1.32. The summed E-state index contributed by atoms with van der Waals surface area (Å²) < 4.78 is 13.5. The SMILES string of the molecule is Nc1cc(F)cc2c(=O)[nH]c(CCCN3CCN(c4ccc(Cl)cn4)CC3)cc12. The van der Waals surface area contributed by atoms with Crippen LogP contribution in [0.25, 0.3) is 10.8 Å². The molecule has 0 saturated carbocycles. The molecule has 3 aromatic rings. The predicted octanol–water partition coefficient (Wildman–Crippen LogP) is 3.05. The summed E-state index contributed by atoms with van der Waals surface area (Å²) in [5.74, 6) is 0.456. The molecule has 0 aliphatic carbocycles. The molecule has 0 radical (unpaired) electrons. The predicted molar refractivity (Wildman–Crippen MR) is 115 cm³/mol. The summed E-state index contributed by atoms with van der Waals surface area (Å²) >= 11 is 5.90. The molecule has 3 heterocycles. The van der Waals surface area contributed by atoms with Gasteiger partial charge in [0, 0.05) is 49.1 Å². The molecule has 0 amide bonds. The lowest BCUT2D eigenvalue weighted by Crippen LogP contribution is -2.47. The second-order valence-electron chi connectivity index (χ2n) is 7.35. The van der Waals surface area contributed by atoms with E-state index in [0.29, 0.717) is 16.1 Å². The Morgan fingerprint density at radius 1 is 1.14 bits per heavy atom. The zero-order chi connectivity index (χ0) is 20.4. The highest BCUT2D eigenvalue weighted by Gasteiger charge is 2.17. The fourth-order valence-corrected chi connectivity index (χ4v) is 3.91. The number of rotatable bonds is 5. The minimum absolute atomic E-state index is 0.290. The van der Waals surface area contributed by atoms with Crippen LogP contribution in [0.2, 0.25) is 5.02 Å². The number of nitrogens with zero attached hydrogens (tertiary/aromatic N) is 3. The van der Waals surface area contributed by atoms with Crippen molar-refractivity contribution in [2.45, 2.75) is 12.8 Å². The van der Waals surface area contributed by atoms with E-state index in [0.717, 1.165) is 57.1 Å². The number of nitrogen functional groups attached to an aromatic ring is 1. The van der Waals surface area contributed by atoms with Gasteiger partial charge >= 0.3 is 0 Å². The van der Waals surface area contributed by atoms with Crippen LogP contribution < -0.4 is 16.2 Å². The maximum Gasteiger partial charge on any atom is 0.256 e. The third-order valence-corrected chi connectivity index (χ3v) is 5.57. The molecule has 1 saturated heterocycles. The minimum Gasteiger partial charge on any atom is -0.398 e. The van der Waals surface area contributed by atoms with Gasteiger partial charge in [-0.15, -0.1) is 0 Å². The van der Waals surface area contributed by atoms with E-state index in [1.54, 1.807) is 6.20 Å². The number of hydrogen-bond donors (Lipinski definition) is 2. The number of piperazine rings is 1. The molecule has 0 atom stereocenters. The molecule has 1 aromatic carbocycles. The number of fused-ring (bicyclic) bond motifs is 1. The number of halogens is 2. The lowest BCUT2D eigenvalue weighted by atomic mass is 10.1. The van der Waals surface area contributed by atoms with Crippen molar-refractivity contribution in [3.63, 3.8) is 0 Å². The lowest BCUT2D eigenvalue weighted by molar-refractivity contribution is 0.254. The van der Waals surface area contributed by atoms with Crippen LogP contribution in [0.3, 0.4) is 0 Å². The number of nitrogens with two attached hydrogens (primary N) is 1. The van der Waals surface area contributed by atoms with E-state index >= 15 is 0 Å². The monoisotopic (exact) mass is 415 g/mol. The summed E-state index contributed by atoms with van der Waals surface area (Å²) in [5, 5.41) is 1.54. The van der Waals surface area contributed by atoms with Gasteiger partial charge in [-0.2, -0.15) is 0 Å². The second-order valence-corrected chi connectivity index (χ2v) is 7.78. The lowest BCUT2D eigenvalue weighted by Gasteiger charge is -2.35. The van der Waals surface area contributed by atoms with Crippen molar-refractivity contribution in [3.8, 4) is 0 Å². The van der Waals surface area contributed by atoms with Gasteiger partial charge in [0.15, 0.2) is 0 Å². The van der Waals surface area contributed by atoms with Gasteiger partial charge in [0.05, 0.1) is 10.4 Å². The number of benzene rings is 1. The van der Waals surface area contributed by atoms with Crippen molar-refractivity contribution in [2.24, 2.45) is 0 Å². The number of anilines is 2. The Bertz CT molecular complexity index is 1060. The maximum atomic E-state index is 13.5. The van der Waals surface area contributed by atoms with Crippen molar-refractivity contribution in [1.82, 2.24) is 14.9 Å². The molecular formula is C21H23ClFN5O. The van der Waals surface area contributed by atoms with Gasteiger partial charge in [-0.25, -0.2) is 9.37 Å². The largest absolute Gasteiger partial charge is 0.398 e. The number of nitrogens with one attached hydrogen (secondary N) is 1. The summed E-state index contributed by atoms with van der Waals surface area (Å²) in [6, 6.07) is 8.15. The van der Waals surface area contributed by atoms with Gasteiger partial charge in [-0.1, -0.05) is 11.6 Å². The number of aromatic amines is 1. The second kappa shape index (κ2) is 8.39. The fraction of sp³-hybridized carbons (Fsp3) is 0.333. The Labute approximate surface area is 173 Å². The van der Waals surface area contributed by atoms with E-state index < -0.39 is 5.82 Å². The van der Waals surface area contributed by atoms with Crippen LogP contribution in [0.15, 0.2) is 41.3 Å². The van der Waals surface area contributed by atoms with E-state index in [2.05, 4.69) is 19.8 Å². The number of H-pyrrole nitrogens is 1. The van der Waals surface area contributed by atoms with Crippen molar-refractivity contribution >= 4 is 33.9 Å². The van der Waals surface area contributed by atoms with Gasteiger partial charge < -0.3 is 15.6 Å². The molecule has 0 unspecified atom stereocenters. The van der Waals surface area contributed by atoms with E-state index in [4.69, 9.17) is 17.3 Å². The van der Waals surface area contributed by atoms with Gasteiger partial charge in [0.25, 0.3) is 5.56 Å². The summed E-state index contributed by atoms with van der Waals surface area (Å²) in [4.78, 5) is 24.2. The van der Waals surface area contributed by atoms with E-state index in [1.165, 1.54) is 12.1 Å². The highest BCUT2D eigenvalue weighted by atomic mass is 35.5. The third-order valence-electron chi connectivity index (χ3n) is 5.34. The van der Waals surface area contributed by atoms with Crippen LogP contribution in [0.4, 0.5) is 15.9 Å². The molecule has 152 valence electrons. The number of aromatic nitrogens is 2. The average Bonchev–Trinajstić information content (AvgIpc) is 2.70. The van der Waals surface area contributed by atoms with Gasteiger partial charge in [-0.3, -0.25) is 9.69 Å². The zero-order valence-electron chi connectivity index (χ0n) is 16.0. The molecule has 2 aromatic heterocycles. The molecule has 1 aliphatic rings. The van der Waals surface area contributed by atoms with Crippen LogP contribution in [0, 0.1) is 5.82 Å². The van der Waals surface area contributed by atoms with Crippen LogP contribution in [-0.2, 0) is 6.42 Å². The van der Waals surface area contributed by atoms with E-state index in [1.807, 2.05) is 18.2 Å². The summed E-state index contributed by atoms with van der Waals surface area (Å²) in [6.45, 7) is 4.71. The molecule has 0 spiro atoms. The fourth-order valence-electron chi connectivity index (χ4n) is 3.79. The number of aryl methyl sites for hydroxylation is 1. The first kappa shape index (κ1) is 19.7. The van der Waals surface area contributed by atoms with Gasteiger partial charge in [0.2, 0.25) is 0 Å². The normalized spacial score (nSPS) is 15.2. The standard InChI is InChI=1S/C21H23ClFN5O/c22-14-3-4-20(25-13-14)28-8-6-27(7-9-28)5-1-2-16-12-17-18(21(29)26-16)10-15(23)11-19(17)24/h3-4,10-13H,1-2,5-9,24H2,(H,26,29). The molecule has 6 nitrogen and oxygen atoms in total. The zero-order valence-corrected chi connectivity index (χ0v) is 16.8. The highest BCUT2D eigenvalue weighted by molar-refractivity contribution is 6.30. The smallest absolute Gasteiger partial charge is 0.256 e. The minimum atomic E-state index is -0.499. The van der Waals surface area contributed by atoms with Crippen LogP contribution >= 0.6 is 11.6 Å². The third kappa shape index (κ3) is 4.52. The van der Waals surface area contributed by atoms with Gasteiger partial charge in [0.1, 0.15) is 11.6 Å². The number of hydrogen-bond acceptors (Lipinski definition) is 5. The number of pyridine rings is 2. The Morgan fingerprint density at radius 3 is 2.66 bits per heavy atom. The Morgan fingerprint density at radius 2 is 1.93 bits per heavy atom. The molecule has 3 N–H and O–H groups in total. The highest BCUT2D eigenvalue weighted by Crippen LogP contribution is 2.21. The van der Waals surface area contributed by atoms with Crippen molar-refractivity contribution in [3.05, 3.63) is 63.4 Å². The molecule has 0 bridgehead atoms.